The molecule has 1 aliphatic heterocycles. The molecule has 0 amide bonds. The number of sulfonamides is 1. The summed E-state index contributed by atoms with van der Waals surface area (Å²) >= 11 is 3.22. The van der Waals surface area contributed by atoms with Crippen LogP contribution in [0.4, 0.5) is 0 Å². The van der Waals surface area contributed by atoms with Gasteiger partial charge in [-0.1, -0.05) is 0 Å². The summed E-state index contributed by atoms with van der Waals surface area (Å²) in [5.41, 5.74) is 0. The molecule has 2 rings (SSSR count). The summed E-state index contributed by atoms with van der Waals surface area (Å²) in [4.78, 5) is 4.07. The lowest BCUT2D eigenvalue weighted by Crippen LogP contribution is -2.34. The number of hydrogen-bond donors (Lipinski definition) is 0. The molecule has 1 aliphatic rings. The van der Waals surface area contributed by atoms with Gasteiger partial charge in [-0.25, -0.2) is 8.42 Å². The van der Waals surface area contributed by atoms with Crippen LogP contribution in [0, 0.1) is 0 Å². The van der Waals surface area contributed by atoms with E-state index in [1.54, 1.807) is 19.3 Å². The van der Waals surface area contributed by atoms with Crippen LogP contribution >= 0.6 is 15.9 Å². The maximum atomic E-state index is 12.3. The van der Waals surface area contributed by atoms with Crippen molar-refractivity contribution in [3.8, 4) is 0 Å². The van der Waals surface area contributed by atoms with Crippen LogP contribution in [0.15, 0.2) is 27.8 Å². The molecule has 1 atom stereocenters. The highest BCUT2D eigenvalue weighted by Gasteiger charge is 2.26. The normalized spacial score (nSPS) is 20.5. The minimum atomic E-state index is -3.49. The van der Waals surface area contributed by atoms with Gasteiger partial charge in [0.25, 0.3) is 0 Å². The molecule has 0 bridgehead atoms. The fourth-order valence-electron chi connectivity index (χ4n) is 1.89. The highest BCUT2D eigenvalue weighted by molar-refractivity contribution is 9.10. The number of aromatic nitrogens is 1. The molecule has 0 aliphatic carbocycles. The highest BCUT2D eigenvalue weighted by Crippen LogP contribution is 2.20. The smallest absolute Gasteiger partial charge is 0.244 e. The van der Waals surface area contributed by atoms with E-state index in [4.69, 9.17) is 4.74 Å². The number of halogens is 1. The zero-order valence-corrected chi connectivity index (χ0v) is 12.4. The number of ether oxygens (including phenoxy) is 1. The van der Waals surface area contributed by atoms with E-state index >= 15 is 0 Å². The SMILES string of the molecule is CN(CC1CCCO1)S(=O)(=O)c1cncc(Br)c1. The Hall–Kier alpha value is -0.500. The molecule has 7 heteroatoms. The van der Waals surface area contributed by atoms with Gasteiger partial charge in [0.2, 0.25) is 10.0 Å². The fourth-order valence-corrected chi connectivity index (χ4v) is 3.60. The van der Waals surface area contributed by atoms with Gasteiger partial charge in [-0.3, -0.25) is 4.98 Å². The van der Waals surface area contributed by atoms with Crippen molar-refractivity contribution in [2.75, 3.05) is 20.2 Å². The van der Waals surface area contributed by atoms with Crippen LogP contribution in [0.25, 0.3) is 0 Å². The topological polar surface area (TPSA) is 59.5 Å². The maximum Gasteiger partial charge on any atom is 0.244 e. The average Bonchev–Trinajstić information content (AvgIpc) is 2.81. The van der Waals surface area contributed by atoms with Gasteiger partial charge in [-0.2, -0.15) is 4.31 Å². The summed E-state index contributed by atoms with van der Waals surface area (Å²) < 4.78 is 32.0. The fraction of sp³-hybridized carbons (Fsp3) is 0.545. The lowest BCUT2D eigenvalue weighted by atomic mass is 10.2. The van der Waals surface area contributed by atoms with Crippen LogP contribution in [0.1, 0.15) is 12.8 Å². The monoisotopic (exact) mass is 334 g/mol. The number of nitrogens with zero attached hydrogens (tertiary/aromatic N) is 2. The molecular formula is C11H15BrN2O3S. The van der Waals surface area contributed by atoms with E-state index < -0.39 is 10.0 Å². The molecule has 1 saturated heterocycles. The van der Waals surface area contributed by atoms with Crippen molar-refractivity contribution < 1.29 is 13.2 Å². The Morgan fingerprint density at radius 3 is 2.94 bits per heavy atom. The second kappa shape index (κ2) is 5.64. The second-order valence-corrected chi connectivity index (χ2v) is 7.22. The molecule has 0 radical (unpaired) electrons. The van der Waals surface area contributed by atoms with Crippen LogP contribution in [0.2, 0.25) is 0 Å². The lowest BCUT2D eigenvalue weighted by molar-refractivity contribution is 0.0979. The molecular weight excluding hydrogens is 320 g/mol. The zero-order chi connectivity index (χ0) is 13.2. The van der Waals surface area contributed by atoms with Crippen LogP contribution in [-0.4, -0.2) is 44.0 Å². The summed E-state index contributed by atoms with van der Waals surface area (Å²) in [5.74, 6) is 0. The summed E-state index contributed by atoms with van der Waals surface area (Å²) in [5, 5.41) is 0. The third kappa shape index (κ3) is 3.09. The molecule has 0 spiro atoms. The predicted octanol–water partition coefficient (Wildman–Crippen LogP) is 1.64. The van der Waals surface area contributed by atoms with Crippen molar-refractivity contribution in [1.29, 1.82) is 0 Å². The predicted molar refractivity (Wildman–Crippen MR) is 70.7 cm³/mol. The van der Waals surface area contributed by atoms with E-state index in [1.165, 1.54) is 10.5 Å². The summed E-state index contributed by atoms with van der Waals surface area (Å²) in [6.07, 6.45) is 4.82. The molecule has 1 aromatic heterocycles. The summed E-state index contributed by atoms with van der Waals surface area (Å²) in [7, 11) is -1.92. The van der Waals surface area contributed by atoms with Crippen molar-refractivity contribution in [3.63, 3.8) is 0 Å². The Balaban J connectivity index is 2.14. The maximum absolute atomic E-state index is 12.3. The standard InChI is InChI=1S/C11H15BrN2O3S/c1-14(8-10-3-2-4-17-10)18(15,16)11-5-9(12)6-13-7-11/h5-7,10H,2-4,8H2,1H3. The van der Waals surface area contributed by atoms with E-state index in [2.05, 4.69) is 20.9 Å². The molecule has 0 saturated carbocycles. The van der Waals surface area contributed by atoms with Gasteiger partial charge in [0.05, 0.1) is 6.10 Å². The zero-order valence-electron chi connectivity index (χ0n) is 10.0. The van der Waals surface area contributed by atoms with Gasteiger partial charge in [-0.05, 0) is 34.8 Å². The van der Waals surface area contributed by atoms with E-state index in [0.29, 0.717) is 11.0 Å². The van der Waals surface area contributed by atoms with Gasteiger partial charge in [0.1, 0.15) is 4.90 Å². The van der Waals surface area contributed by atoms with Crippen LogP contribution in [0.5, 0.6) is 0 Å². The Morgan fingerprint density at radius 1 is 1.56 bits per heavy atom. The van der Waals surface area contributed by atoms with Gasteiger partial charge in [0, 0.05) is 37.1 Å². The Morgan fingerprint density at radius 2 is 2.33 bits per heavy atom. The highest BCUT2D eigenvalue weighted by atomic mass is 79.9. The number of rotatable bonds is 4. The van der Waals surface area contributed by atoms with Crippen molar-refractivity contribution in [2.24, 2.45) is 0 Å². The lowest BCUT2D eigenvalue weighted by Gasteiger charge is -2.20. The van der Waals surface area contributed by atoms with Crippen LogP contribution < -0.4 is 0 Å². The molecule has 5 nitrogen and oxygen atoms in total. The van der Waals surface area contributed by atoms with Gasteiger partial charge in [-0.15, -0.1) is 0 Å². The second-order valence-electron chi connectivity index (χ2n) is 4.26. The molecule has 2 heterocycles. The van der Waals surface area contributed by atoms with E-state index in [9.17, 15) is 8.42 Å². The van der Waals surface area contributed by atoms with Crippen LogP contribution in [-0.2, 0) is 14.8 Å². The Bertz CT molecular complexity index is 515. The molecule has 0 N–H and O–H groups in total. The summed E-state index contributed by atoms with van der Waals surface area (Å²) in [6, 6.07) is 1.55. The number of likely N-dealkylation sites (N-methyl/N-ethyl adjacent to an activating group) is 1. The first-order chi connectivity index (χ1) is 8.50. The van der Waals surface area contributed by atoms with Gasteiger partial charge < -0.3 is 4.74 Å². The molecule has 18 heavy (non-hydrogen) atoms. The Kier molecular flexibility index (Phi) is 4.37. The van der Waals surface area contributed by atoms with Crippen molar-refractivity contribution in [2.45, 2.75) is 23.8 Å². The van der Waals surface area contributed by atoms with E-state index in [0.717, 1.165) is 19.4 Å². The van der Waals surface area contributed by atoms with Crippen molar-refractivity contribution in [1.82, 2.24) is 9.29 Å². The molecule has 100 valence electrons. The first kappa shape index (κ1) is 13.9. The van der Waals surface area contributed by atoms with Gasteiger partial charge in [0.15, 0.2) is 0 Å². The quantitative estimate of drug-likeness (QED) is 0.839. The number of pyridine rings is 1. The van der Waals surface area contributed by atoms with Crippen LogP contribution in [0.3, 0.4) is 0 Å². The number of hydrogen-bond acceptors (Lipinski definition) is 4. The van der Waals surface area contributed by atoms with E-state index in [1.807, 2.05) is 0 Å². The minimum absolute atomic E-state index is 0.00453. The molecule has 0 aromatic carbocycles. The largest absolute Gasteiger partial charge is 0.377 e. The first-order valence-corrected chi connectivity index (χ1v) is 7.92. The van der Waals surface area contributed by atoms with Crippen molar-refractivity contribution in [3.05, 3.63) is 22.9 Å². The molecule has 1 fully saturated rings. The first-order valence-electron chi connectivity index (χ1n) is 5.68. The molecule has 1 aromatic rings. The van der Waals surface area contributed by atoms with Gasteiger partial charge >= 0.3 is 0 Å². The van der Waals surface area contributed by atoms with Crippen molar-refractivity contribution >= 4 is 26.0 Å². The average molecular weight is 335 g/mol. The molecule has 1 unspecified atom stereocenters. The third-order valence-electron chi connectivity index (χ3n) is 2.87. The third-order valence-corrected chi connectivity index (χ3v) is 5.10. The van der Waals surface area contributed by atoms with E-state index in [-0.39, 0.29) is 11.0 Å². The minimum Gasteiger partial charge on any atom is -0.377 e. The summed E-state index contributed by atoms with van der Waals surface area (Å²) in [6.45, 7) is 1.10. The Labute approximate surface area is 115 Å².